The molecule has 0 saturated heterocycles. The molecule has 2 aromatic carbocycles. The highest BCUT2D eigenvalue weighted by atomic mass is 16.3. The van der Waals surface area contributed by atoms with Crippen LogP contribution < -0.4 is 10.6 Å². The van der Waals surface area contributed by atoms with Crippen LogP contribution >= 0.6 is 0 Å². The smallest absolute Gasteiger partial charge is 0.313 e. The van der Waals surface area contributed by atoms with Gasteiger partial charge in [0.15, 0.2) is 0 Å². The fourth-order valence-electron chi connectivity index (χ4n) is 2.34. The lowest BCUT2D eigenvalue weighted by Crippen LogP contribution is -2.36. The quantitative estimate of drug-likeness (QED) is 0.711. The van der Waals surface area contributed by atoms with Crippen LogP contribution in [0.15, 0.2) is 48.5 Å². The average molecular weight is 326 g/mol. The van der Waals surface area contributed by atoms with Gasteiger partial charge in [0, 0.05) is 12.2 Å². The van der Waals surface area contributed by atoms with Crippen molar-refractivity contribution < 1.29 is 14.7 Å². The molecule has 2 amide bonds. The summed E-state index contributed by atoms with van der Waals surface area (Å²) in [6.07, 6.45) is 1.40. The number of hydrogen-bond acceptors (Lipinski definition) is 3. The van der Waals surface area contributed by atoms with E-state index in [1.165, 1.54) is 0 Å². The van der Waals surface area contributed by atoms with Crippen molar-refractivity contribution in [1.82, 2.24) is 5.32 Å². The monoisotopic (exact) mass is 326 g/mol. The minimum Gasteiger partial charge on any atom is -0.392 e. The molecule has 126 valence electrons. The van der Waals surface area contributed by atoms with Crippen molar-refractivity contribution in [2.75, 3.05) is 11.9 Å². The second-order valence-electron chi connectivity index (χ2n) is 5.45. The molecule has 5 heteroatoms. The minimum absolute atomic E-state index is 0.0103. The van der Waals surface area contributed by atoms with Gasteiger partial charge in [-0.05, 0) is 35.6 Å². The number of carbonyl (C=O) groups excluding carboxylic acids is 2. The molecule has 0 spiro atoms. The highest BCUT2D eigenvalue weighted by Crippen LogP contribution is 2.15. The van der Waals surface area contributed by atoms with Crippen molar-refractivity contribution in [2.45, 2.75) is 26.4 Å². The maximum absolute atomic E-state index is 12.0. The zero-order chi connectivity index (χ0) is 17.4. The van der Waals surface area contributed by atoms with Gasteiger partial charge in [0.1, 0.15) is 0 Å². The van der Waals surface area contributed by atoms with Gasteiger partial charge in [-0.25, -0.2) is 0 Å². The third-order valence-corrected chi connectivity index (χ3v) is 3.76. The molecule has 0 aliphatic heterocycles. The Morgan fingerprint density at radius 1 is 0.958 bits per heavy atom. The van der Waals surface area contributed by atoms with Gasteiger partial charge in [-0.15, -0.1) is 0 Å². The Balaban J connectivity index is 1.82. The van der Waals surface area contributed by atoms with E-state index in [0.717, 1.165) is 23.1 Å². The van der Waals surface area contributed by atoms with Crippen LogP contribution in [-0.2, 0) is 29.0 Å². The predicted octanol–water partition coefficient (Wildman–Crippen LogP) is 2.04. The molecule has 24 heavy (non-hydrogen) atoms. The zero-order valence-corrected chi connectivity index (χ0v) is 13.7. The second kappa shape index (κ2) is 8.84. The lowest BCUT2D eigenvalue weighted by molar-refractivity contribution is -0.136. The van der Waals surface area contributed by atoms with E-state index in [2.05, 4.69) is 10.6 Å². The fraction of sp³-hybridized carbons (Fsp3) is 0.263. The molecule has 5 nitrogen and oxygen atoms in total. The van der Waals surface area contributed by atoms with E-state index in [-0.39, 0.29) is 6.61 Å². The summed E-state index contributed by atoms with van der Waals surface area (Å²) < 4.78 is 0. The van der Waals surface area contributed by atoms with Gasteiger partial charge in [-0.2, -0.15) is 0 Å². The van der Waals surface area contributed by atoms with Crippen molar-refractivity contribution in [3.8, 4) is 0 Å². The van der Waals surface area contributed by atoms with Gasteiger partial charge in [-0.3, -0.25) is 9.59 Å². The van der Waals surface area contributed by atoms with E-state index in [1.807, 2.05) is 49.4 Å². The Kier molecular flexibility index (Phi) is 6.51. The largest absolute Gasteiger partial charge is 0.392 e. The number of nitrogens with one attached hydrogen (secondary N) is 2. The van der Waals surface area contributed by atoms with Crippen LogP contribution in [0.25, 0.3) is 0 Å². The number of aliphatic hydroxyl groups is 1. The van der Waals surface area contributed by atoms with Crippen LogP contribution in [0.4, 0.5) is 5.69 Å². The fourth-order valence-corrected chi connectivity index (χ4v) is 2.34. The summed E-state index contributed by atoms with van der Waals surface area (Å²) in [5.74, 6) is -1.31. The van der Waals surface area contributed by atoms with E-state index in [0.29, 0.717) is 18.7 Å². The molecule has 0 fully saturated rings. The first-order chi connectivity index (χ1) is 11.6. The summed E-state index contributed by atoms with van der Waals surface area (Å²) in [5, 5.41) is 14.3. The number of benzene rings is 2. The highest BCUT2D eigenvalue weighted by molar-refractivity contribution is 6.39. The van der Waals surface area contributed by atoms with Crippen LogP contribution in [0, 0.1) is 0 Å². The maximum atomic E-state index is 12.0. The maximum Gasteiger partial charge on any atom is 0.313 e. The molecule has 2 aromatic rings. The first-order valence-corrected chi connectivity index (χ1v) is 7.99. The molecule has 3 N–H and O–H groups in total. The number of hydrogen-bond donors (Lipinski definition) is 3. The Morgan fingerprint density at radius 2 is 1.62 bits per heavy atom. The first kappa shape index (κ1) is 17.7. The molecule has 0 saturated carbocycles. The number of anilines is 1. The Labute approximate surface area is 141 Å². The van der Waals surface area contributed by atoms with Crippen LogP contribution in [0.3, 0.4) is 0 Å². The Hall–Kier alpha value is -2.66. The number of carbonyl (C=O) groups is 2. The lowest BCUT2D eigenvalue weighted by atomic mass is 10.1. The zero-order valence-electron chi connectivity index (χ0n) is 13.7. The van der Waals surface area contributed by atoms with Crippen LogP contribution in [0.2, 0.25) is 0 Å². The summed E-state index contributed by atoms with van der Waals surface area (Å²) in [6.45, 7) is 2.38. The average Bonchev–Trinajstić information content (AvgIpc) is 2.62. The Morgan fingerprint density at radius 3 is 2.29 bits per heavy atom. The van der Waals surface area contributed by atoms with Gasteiger partial charge in [0.2, 0.25) is 0 Å². The molecular weight excluding hydrogens is 304 g/mol. The molecule has 2 rings (SSSR count). The molecule has 0 radical (unpaired) electrons. The van der Waals surface area contributed by atoms with Crippen molar-refractivity contribution in [2.24, 2.45) is 0 Å². The standard InChI is InChI=1S/C19H22N2O3/c1-2-16-5-3-4-6-17(16)21-19(24)18(23)20-12-11-14-7-9-15(13-22)10-8-14/h3-10,22H,2,11-13H2,1H3,(H,20,23)(H,21,24). The topological polar surface area (TPSA) is 78.4 Å². The summed E-state index contributed by atoms with van der Waals surface area (Å²) in [4.78, 5) is 23.8. The van der Waals surface area contributed by atoms with Crippen molar-refractivity contribution in [3.63, 3.8) is 0 Å². The molecule has 0 heterocycles. The number of aliphatic hydroxyl groups excluding tert-OH is 1. The highest BCUT2D eigenvalue weighted by Gasteiger charge is 2.14. The normalized spacial score (nSPS) is 10.2. The number of amides is 2. The van der Waals surface area contributed by atoms with Gasteiger partial charge >= 0.3 is 11.8 Å². The molecular formula is C19H22N2O3. The van der Waals surface area contributed by atoms with Gasteiger partial charge in [0.25, 0.3) is 0 Å². The molecule has 0 aliphatic carbocycles. The van der Waals surface area contributed by atoms with E-state index in [1.54, 1.807) is 6.07 Å². The van der Waals surface area contributed by atoms with Crippen molar-refractivity contribution >= 4 is 17.5 Å². The van der Waals surface area contributed by atoms with Gasteiger partial charge in [0.05, 0.1) is 6.61 Å². The van der Waals surface area contributed by atoms with E-state index < -0.39 is 11.8 Å². The third kappa shape index (κ3) is 4.93. The molecule has 0 bridgehead atoms. The second-order valence-corrected chi connectivity index (χ2v) is 5.45. The van der Waals surface area contributed by atoms with Crippen LogP contribution in [-0.4, -0.2) is 23.5 Å². The number of rotatable bonds is 6. The lowest BCUT2D eigenvalue weighted by Gasteiger charge is -2.10. The molecule has 0 aliphatic rings. The summed E-state index contributed by atoms with van der Waals surface area (Å²) in [6, 6.07) is 14.9. The van der Waals surface area contributed by atoms with E-state index >= 15 is 0 Å². The van der Waals surface area contributed by atoms with Crippen LogP contribution in [0.1, 0.15) is 23.6 Å². The molecule has 0 atom stereocenters. The summed E-state index contributed by atoms with van der Waals surface area (Å²) in [7, 11) is 0. The van der Waals surface area contributed by atoms with Gasteiger partial charge < -0.3 is 15.7 Å². The number of aryl methyl sites for hydroxylation is 1. The van der Waals surface area contributed by atoms with E-state index in [9.17, 15) is 9.59 Å². The van der Waals surface area contributed by atoms with Crippen molar-refractivity contribution in [3.05, 3.63) is 65.2 Å². The minimum atomic E-state index is -0.661. The first-order valence-electron chi connectivity index (χ1n) is 7.99. The summed E-state index contributed by atoms with van der Waals surface area (Å²) in [5.41, 5.74) is 3.53. The van der Waals surface area contributed by atoms with E-state index in [4.69, 9.17) is 5.11 Å². The Bertz CT molecular complexity index is 696. The summed E-state index contributed by atoms with van der Waals surface area (Å²) >= 11 is 0. The molecule has 0 aromatic heterocycles. The molecule has 0 unspecified atom stereocenters. The SMILES string of the molecule is CCc1ccccc1NC(=O)C(=O)NCCc1ccc(CO)cc1. The van der Waals surface area contributed by atoms with Crippen molar-refractivity contribution in [1.29, 1.82) is 0 Å². The predicted molar refractivity (Wildman–Crippen MR) is 93.5 cm³/mol. The number of para-hydroxylation sites is 1. The van der Waals surface area contributed by atoms with Gasteiger partial charge in [-0.1, -0.05) is 49.4 Å². The van der Waals surface area contributed by atoms with Crippen LogP contribution in [0.5, 0.6) is 0 Å². The third-order valence-electron chi connectivity index (χ3n) is 3.76.